The van der Waals surface area contributed by atoms with Gasteiger partial charge >= 0.3 is 6.36 Å². The van der Waals surface area contributed by atoms with Crippen molar-refractivity contribution in [2.75, 3.05) is 6.54 Å². The summed E-state index contributed by atoms with van der Waals surface area (Å²) in [6.07, 6.45) is -1.35. The predicted molar refractivity (Wildman–Crippen MR) is 72.8 cm³/mol. The van der Waals surface area contributed by atoms with Gasteiger partial charge in [0.15, 0.2) is 0 Å². The third-order valence-corrected chi connectivity index (χ3v) is 3.76. The molecule has 0 bridgehead atoms. The Morgan fingerprint density at radius 1 is 1.14 bits per heavy atom. The van der Waals surface area contributed by atoms with Gasteiger partial charge in [-0.2, -0.15) is 0 Å². The first-order valence-electron chi connectivity index (χ1n) is 7.16. The summed E-state index contributed by atoms with van der Waals surface area (Å²) in [5, 5.41) is 12.6. The molecule has 21 heavy (non-hydrogen) atoms. The van der Waals surface area contributed by atoms with Gasteiger partial charge < -0.3 is 15.2 Å². The quantitative estimate of drug-likeness (QED) is 0.877. The second-order valence-electron chi connectivity index (χ2n) is 5.46. The fourth-order valence-electron chi connectivity index (χ4n) is 2.63. The Labute approximate surface area is 122 Å². The number of halogens is 3. The molecule has 0 unspecified atom stereocenters. The second-order valence-corrected chi connectivity index (χ2v) is 5.46. The van der Waals surface area contributed by atoms with E-state index >= 15 is 0 Å². The third-order valence-electron chi connectivity index (χ3n) is 3.76. The molecule has 0 amide bonds. The largest absolute Gasteiger partial charge is 0.573 e. The highest BCUT2D eigenvalue weighted by Gasteiger charge is 2.31. The smallest absolute Gasteiger partial charge is 0.405 e. The number of aliphatic hydroxyl groups excluding tert-OH is 1. The number of benzene rings is 1. The van der Waals surface area contributed by atoms with E-state index in [1.807, 2.05) is 0 Å². The lowest BCUT2D eigenvalue weighted by Crippen LogP contribution is -2.28. The number of para-hydroxylation sites is 1. The lowest BCUT2D eigenvalue weighted by atomic mass is 9.87. The van der Waals surface area contributed by atoms with Crippen molar-refractivity contribution in [2.24, 2.45) is 5.92 Å². The van der Waals surface area contributed by atoms with Crippen LogP contribution >= 0.6 is 0 Å². The Balaban J connectivity index is 1.83. The molecule has 2 N–H and O–H groups in total. The van der Waals surface area contributed by atoms with Crippen molar-refractivity contribution in [3.05, 3.63) is 29.8 Å². The molecule has 1 aromatic rings. The van der Waals surface area contributed by atoms with Crippen LogP contribution < -0.4 is 10.1 Å². The van der Waals surface area contributed by atoms with E-state index in [9.17, 15) is 18.3 Å². The van der Waals surface area contributed by atoms with Gasteiger partial charge in [-0.1, -0.05) is 18.2 Å². The van der Waals surface area contributed by atoms with E-state index in [1.54, 1.807) is 12.1 Å². The molecule has 0 aliphatic heterocycles. The van der Waals surface area contributed by atoms with Crippen LogP contribution in [0.5, 0.6) is 5.75 Å². The van der Waals surface area contributed by atoms with Crippen LogP contribution in [0.1, 0.15) is 31.2 Å². The van der Waals surface area contributed by atoms with Crippen molar-refractivity contribution in [3.8, 4) is 5.75 Å². The number of alkyl halides is 3. The molecule has 0 atom stereocenters. The highest BCUT2D eigenvalue weighted by Crippen LogP contribution is 2.27. The Morgan fingerprint density at radius 3 is 2.48 bits per heavy atom. The van der Waals surface area contributed by atoms with Crippen LogP contribution in [-0.4, -0.2) is 24.1 Å². The summed E-state index contributed by atoms with van der Waals surface area (Å²) in [6, 6.07) is 6.16. The van der Waals surface area contributed by atoms with E-state index in [1.165, 1.54) is 12.1 Å². The summed E-state index contributed by atoms with van der Waals surface area (Å²) in [4.78, 5) is 0. The first-order valence-corrected chi connectivity index (χ1v) is 7.16. The van der Waals surface area contributed by atoms with Crippen molar-refractivity contribution in [1.29, 1.82) is 0 Å². The zero-order chi connectivity index (χ0) is 15.3. The number of hydrogen-bond donors (Lipinski definition) is 2. The molecule has 0 spiro atoms. The van der Waals surface area contributed by atoms with Crippen molar-refractivity contribution >= 4 is 0 Å². The number of hydrogen-bond acceptors (Lipinski definition) is 3. The normalized spacial score (nSPS) is 23.0. The van der Waals surface area contributed by atoms with Crippen molar-refractivity contribution < 1.29 is 23.0 Å². The number of rotatable bonds is 5. The maximum absolute atomic E-state index is 12.3. The van der Waals surface area contributed by atoms with Gasteiger partial charge in [-0.3, -0.25) is 0 Å². The molecule has 0 heterocycles. The topological polar surface area (TPSA) is 41.5 Å². The number of ether oxygens (including phenoxy) is 1. The van der Waals surface area contributed by atoms with E-state index in [4.69, 9.17) is 0 Å². The van der Waals surface area contributed by atoms with Gasteiger partial charge in [0.2, 0.25) is 0 Å². The molecule has 3 nitrogen and oxygen atoms in total. The minimum Gasteiger partial charge on any atom is -0.405 e. The molecule has 1 aliphatic rings. The van der Waals surface area contributed by atoms with E-state index in [-0.39, 0.29) is 11.9 Å². The average molecular weight is 303 g/mol. The minimum absolute atomic E-state index is 0.156. The summed E-state index contributed by atoms with van der Waals surface area (Å²) in [6.45, 7) is 1.08. The van der Waals surface area contributed by atoms with Crippen molar-refractivity contribution in [2.45, 2.75) is 44.7 Å². The summed E-state index contributed by atoms with van der Waals surface area (Å²) in [7, 11) is 0. The summed E-state index contributed by atoms with van der Waals surface area (Å²) >= 11 is 0. The van der Waals surface area contributed by atoms with Crippen LogP contribution in [0.25, 0.3) is 0 Å². The van der Waals surface area contributed by atoms with Gasteiger partial charge in [0.05, 0.1) is 6.10 Å². The number of aliphatic hydroxyl groups is 1. The van der Waals surface area contributed by atoms with E-state index in [0.29, 0.717) is 18.0 Å². The fourth-order valence-corrected chi connectivity index (χ4v) is 2.63. The van der Waals surface area contributed by atoms with Gasteiger partial charge in [0.25, 0.3) is 0 Å². The Bertz CT molecular complexity index is 443. The van der Waals surface area contributed by atoms with Crippen molar-refractivity contribution in [3.63, 3.8) is 0 Å². The Morgan fingerprint density at radius 2 is 1.81 bits per heavy atom. The molecule has 0 aromatic heterocycles. The zero-order valence-corrected chi connectivity index (χ0v) is 11.7. The molecule has 1 saturated carbocycles. The molecular formula is C15H20F3NO2. The highest BCUT2D eigenvalue weighted by molar-refractivity contribution is 5.33. The molecule has 1 fully saturated rings. The van der Waals surface area contributed by atoms with Gasteiger partial charge in [-0.05, 0) is 44.2 Å². The van der Waals surface area contributed by atoms with E-state index in [0.717, 1.165) is 32.2 Å². The molecule has 2 rings (SSSR count). The zero-order valence-electron chi connectivity index (χ0n) is 11.7. The molecule has 6 heteroatoms. The SMILES string of the molecule is OC1CCC(CNCc2ccccc2OC(F)(F)F)CC1. The average Bonchev–Trinajstić information content (AvgIpc) is 2.41. The molecule has 0 radical (unpaired) electrons. The lowest BCUT2D eigenvalue weighted by molar-refractivity contribution is -0.274. The maximum atomic E-state index is 12.3. The predicted octanol–water partition coefficient (Wildman–Crippen LogP) is 3.23. The van der Waals surface area contributed by atoms with E-state index in [2.05, 4.69) is 10.1 Å². The molecule has 1 aliphatic carbocycles. The monoisotopic (exact) mass is 303 g/mol. The van der Waals surface area contributed by atoms with Crippen LogP contribution in [-0.2, 0) is 6.54 Å². The summed E-state index contributed by atoms with van der Waals surface area (Å²) < 4.78 is 40.9. The fraction of sp³-hybridized carbons (Fsp3) is 0.600. The number of nitrogens with one attached hydrogen (secondary N) is 1. The Hall–Kier alpha value is -1.27. The second kappa shape index (κ2) is 7.13. The van der Waals surface area contributed by atoms with Crippen LogP contribution in [0, 0.1) is 5.92 Å². The third kappa shape index (κ3) is 5.55. The minimum atomic E-state index is -4.67. The van der Waals surface area contributed by atoms with Crippen LogP contribution in [0.4, 0.5) is 13.2 Å². The van der Waals surface area contributed by atoms with Crippen LogP contribution in [0.3, 0.4) is 0 Å². The highest BCUT2D eigenvalue weighted by atomic mass is 19.4. The molecule has 0 saturated heterocycles. The van der Waals surface area contributed by atoms with Gasteiger partial charge in [0.1, 0.15) is 5.75 Å². The maximum Gasteiger partial charge on any atom is 0.573 e. The van der Waals surface area contributed by atoms with Gasteiger partial charge in [0, 0.05) is 12.1 Å². The molecule has 118 valence electrons. The van der Waals surface area contributed by atoms with Gasteiger partial charge in [-0.15, -0.1) is 13.2 Å². The first-order chi connectivity index (χ1) is 9.94. The molecule has 1 aromatic carbocycles. The lowest BCUT2D eigenvalue weighted by Gasteiger charge is -2.25. The van der Waals surface area contributed by atoms with Crippen LogP contribution in [0.2, 0.25) is 0 Å². The standard InChI is InChI=1S/C15H20F3NO2/c16-15(17,18)21-14-4-2-1-3-12(14)10-19-9-11-5-7-13(20)8-6-11/h1-4,11,13,19-20H,5-10H2. The van der Waals surface area contributed by atoms with E-state index < -0.39 is 6.36 Å². The summed E-state index contributed by atoms with van der Waals surface area (Å²) in [5.41, 5.74) is 0.491. The van der Waals surface area contributed by atoms with Crippen LogP contribution in [0.15, 0.2) is 24.3 Å². The van der Waals surface area contributed by atoms with Gasteiger partial charge in [-0.25, -0.2) is 0 Å². The first kappa shape index (κ1) is 16.1. The van der Waals surface area contributed by atoms with Crippen molar-refractivity contribution in [1.82, 2.24) is 5.32 Å². The molecular weight excluding hydrogens is 283 g/mol. The summed E-state index contributed by atoms with van der Waals surface area (Å²) in [5.74, 6) is 0.320. The Kier molecular flexibility index (Phi) is 5.47.